The van der Waals surface area contributed by atoms with E-state index in [1.54, 1.807) is 0 Å². The lowest BCUT2D eigenvalue weighted by Gasteiger charge is -1.95. The van der Waals surface area contributed by atoms with Crippen LogP contribution in [0.3, 0.4) is 0 Å². The maximum atomic E-state index is 5.74. The van der Waals surface area contributed by atoms with Crippen molar-refractivity contribution in [3.8, 4) is 10.7 Å². The Hall–Kier alpha value is -1.36. The molecule has 15 heavy (non-hydrogen) atoms. The lowest BCUT2D eigenvalue weighted by atomic mass is 10.2. The highest BCUT2D eigenvalue weighted by Crippen LogP contribution is 2.31. The Morgan fingerprint density at radius 1 is 1.47 bits per heavy atom. The van der Waals surface area contributed by atoms with Gasteiger partial charge in [0.2, 0.25) is 0 Å². The molecule has 0 amide bonds. The van der Waals surface area contributed by atoms with Crippen molar-refractivity contribution < 1.29 is 0 Å². The van der Waals surface area contributed by atoms with Crippen molar-refractivity contribution in [2.24, 2.45) is 0 Å². The summed E-state index contributed by atoms with van der Waals surface area (Å²) in [7, 11) is 0. The first-order chi connectivity index (χ1) is 7.08. The highest BCUT2D eigenvalue weighted by Gasteiger charge is 2.12. The van der Waals surface area contributed by atoms with Gasteiger partial charge in [0.25, 0.3) is 0 Å². The molecule has 3 N–H and O–H groups in total. The number of H-pyrrole nitrogens is 1. The van der Waals surface area contributed by atoms with Gasteiger partial charge in [-0.2, -0.15) is 5.10 Å². The first-order valence-electron chi connectivity index (χ1n) is 4.86. The van der Waals surface area contributed by atoms with Gasteiger partial charge < -0.3 is 5.73 Å². The molecule has 4 nitrogen and oxygen atoms in total. The molecule has 2 aromatic rings. The minimum Gasteiger partial charge on any atom is -0.391 e. The van der Waals surface area contributed by atoms with Crippen LogP contribution in [-0.4, -0.2) is 15.2 Å². The second-order valence-corrected chi connectivity index (χ2v) is 4.94. The number of aryl methyl sites for hydroxylation is 1. The molecule has 0 spiro atoms. The van der Waals surface area contributed by atoms with Gasteiger partial charge in [0.05, 0.1) is 9.88 Å². The van der Waals surface area contributed by atoms with Crippen LogP contribution >= 0.6 is 11.3 Å². The number of aromatic amines is 1. The Kier molecular flexibility index (Phi) is 2.48. The SMILES string of the molecule is Cc1cc(N)sc1-c1n[nH]c(C(C)C)n1. The smallest absolute Gasteiger partial charge is 0.191 e. The molecule has 0 aliphatic carbocycles. The Morgan fingerprint density at radius 2 is 2.20 bits per heavy atom. The summed E-state index contributed by atoms with van der Waals surface area (Å²) in [5.41, 5.74) is 6.87. The molecule has 0 unspecified atom stereocenters. The number of thiophene rings is 1. The van der Waals surface area contributed by atoms with Crippen LogP contribution in [-0.2, 0) is 0 Å². The monoisotopic (exact) mass is 222 g/mol. The Balaban J connectivity index is 2.41. The average molecular weight is 222 g/mol. The fourth-order valence-corrected chi connectivity index (χ4v) is 2.24. The minimum absolute atomic E-state index is 0.365. The summed E-state index contributed by atoms with van der Waals surface area (Å²) in [6.45, 7) is 6.19. The topological polar surface area (TPSA) is 67.6 Å². The molecule has 0 saturated heterocycles. The molecule has 2 rings (SSSR count). The lowest BCUT2D eigenvalue weighted by molar-refractivity contribution is 0.781. The van der Waals surface area contributed by atoms with E-state index in [2.05, 4.69) is 29.0 Å². The van der Waals surface area contributed by atoms with Crippen LogP contribution in [0, 0.1) is 6.92 Å². The van der Waals surface area contributed by atoms with Crippen LogP contribution in [0.5, 0.6) is 0 Å². The fourth-order valence-electron chi connectivity index (χ4n) is 1.36. The molecule has 0 bridgehead atoms. The first-order valence-corrected chi connectivity index (χ1v) is 5.68. The molecule has 2 aromatic heterocycles. The number of anilines is 1. The van der Waals surface area contributed by atoms with Crippen LogP contribution < -0.4 is 5.73 Å². The summed E-state index contributed by atoms with van der Waals surface area (Å²) in [5.74, 6) is 2.03. The summed E-state index contributed by atoms with van der Waals surface area (Å²) in [5, 5.41) is 7.95. The highest BCUT2D eigenvalue weighted by molar-refractivity contribution is 7.19. The Labute approximate surface area is 92.5 Å². The van der Waals surface area contributed by atoms with Gasteiger partial charge in [-0.25, -0.2) is 4.98 Å². The molecular weight excluding hydrogens is 208 g/mol. The van der Waals surface area contributed by atoms with Gasteiger partial charge in [-0.1, -0.05) is 13.8 Å². The summed E-state index contributed by atoms with van der Waals surface area (Å²) < 4.78 is 0. The number of rotatable bonds is 2. The zero-order valence-corrected chi connectivity index (χ0v) is 9.85. The van der Waals surface area contributed by atoms with Crippen LogP contribution in [0.4, 0.5) is 5.00 Å². The number of hydrogen-bond acceptors (Lipinski definition) is 4. The van der Waals surface area contributed by atoms with Gasteiger partial charge in [-0.3, -0.25) is 5.10 Å². The quantitative estimate of drug-likeness (QED) is 0.820. The van der Waals surface area contributed by atoms with E-state index < -0.39 is 0 Å². The number of nitrogens with two attached hydrogens (primary N) is 1. The van der Waals surface area contributed by atoms with Gasteiger partial charge in [0.15, 0.2) is 5.82 Å². The minimum atomic E-state index is 0.365. The van der Waals surface area contributed by atoms with Crippen LogP contribution in [0.15, 0.2) is 6.07 Å². The van der Waals surface area contributed by atoms with Crippen LogP contribution in [0.1, 0.15) is 31.2 Å². The van der Waals surface area contributed by atoms with Gasteiger partial charge in [0.1, 0.15) is 5.82 Å². The third-order valence-corrected chi connectivity index (χ3v) is 3.25. The van der Waals surface area contributed by atoms with Crippen molar-refractivity contribution in [1.82, 2.24) is 15.2 Å². The summed E-state index contributed by atoms with van der Waals surface area (Å²) in [6.07, 6.45) is 0. The molecule has 5 heteroatoms. The van der Waals surface area contributed by atoms with E-state index in [-0.39, 0.29) is 0 Å². The predicted octanol–water partition coefficient (Wildman–Crippen LogP) is 2.55. The predicted molar refractivity (Wildman–Crippen MR) is 62.9 cm³/mol. The average Bonchev–Trinajstić information content (AvgIpc) is 2.71. The molecule has 0 aliphatic rings. The molecule has 0 radical (unpaired) electrons. The summed E-state index contributed by atoms with van der Waals surface area (Å²) in [6, 6.07) is 1.95. The van der Waals surface area contributed by atoms with E-state index in [0.29, 0.717) is 5.92 Å². The highest BCUT2D eigenvalue weighted by atomic mass is 32.1. The van der Waals surface area contributed by atoms with Gasteiger partial charge >= 0.3 is 0 Å². The second-order valence-electron chi connectivity index (χ2n) is 3.86. The number of nitrogens with zero attached hydrogens (tertiary/aromatic N) is 2. The molecule has 0 aliphatic heterocycles. The molecule has 80 valence electrons. The fraction of sp³-hybridized carbons (Fsp3) is 0.400. The van der Waals surface area contributed by atoms with E-state index in [4.69, 9.17) is 5.73 Å². The maximum Gasteiger partial charge on any atom is 0.191 e. The molecule has 2 heterocycles. The van der Waals surface area contributed by atoms with Crippen molar-refractivity contribution in [2.45, 2.75) is 26.7 Å². The largest absolute Gasteiger partial charge is 0.391 e. The van der Waals surface area contributed by atoms with Crippen molar-refractivity contribution in [3.05, 3.63) is 17.5 Å². The molecule has 0 aromatic carbocycles. The lowest BCUT2D eigenvalue weighted by Crippen LogP contribution is -1.89. The number of aromatic nitrogens is 3. The zero-order valence-electron chi connectivity index (χ0n) is 9.03. The molecule has 0 atom stereocenters. The van der Waals surface area contributed by atoms with Crippen molar-refractivity contribution in [3.63, 3.8) is 0 Å². The molecule has 0 fully saturated rings. The normalized spacial score (nSPS) is 11.2. The Morgan fingerprint density at radius 3 is 2.67 bits per heavy atom. The Bertz CT molecular complexity index is 469. The second kappa shape index (κ2) is 3.66. The van der Waals surface area contributed by atoms with Crippen molar-refractivity contribution in [1.29, 1.82) is 0 Å². The zero-order chi connectivity index (χ0) is 11.0. The number of nitrogens with one attached hydrogen (secondary N) is 1. The van der Waals surface area contributed by atoms with Crippen LogP contribution in [0.25, 0.3) is 10.7 Å². The van der Waals surface area contributed by atoms with E-state index in [9.17, 15) is 0 Å². The van der Waals surface area contributed by atoms with Gasteiger partial charge in [-0.05, 0) is 18.6 Å². The summed E-state index contributed by atoms with van der Waals surface area (Å²) >= 11 is 1.53. The van der Waals surface area contributed by atoms with Gasteiger partial charge in [-0.15, -0.1) is 11.3 Å². The standard InChI is InChI=1S/C10H14N4S/c1-5(2)9-12-10(14-13-9)8-6(3)4-7(11)15-8/h4-5H,11H2,1-3H3,(H,12,13,14). The third-order valence-electron chi connectivity index (χ3n) is 2.19. The number of hydrogen-bond donors (Lipinski definition) is 2. The van der Waals surface area contributed by atoms with E-state index >= 15 is 0 Å². The number of nitrogen functional groups attached to an aromatic ring is 1. The van der Waals surface area contributed by atoms with E-state index in [1.165, 1.54) is 11.3 Å². The van der Waals surface area contributed by atoms with E-state index in [0.717, 1.165) is 27.1 Å². The molecule has 0 saturated carbocycles. The van der Waals surface area contributed by atoms with E-state index in [1.807, 2.05) is 13.0 Å². The van der Waals surface area contributed by atoms with Crippen molar-refractivity contribution in [2.75, 3.05) is 5.73 Å². The first kappa shape index (κ1) is 10.2. The van der Waals surface area contributed by atoms with Gasteiger partial charge in [0, 0.05) is 5.92 Å². The van der Waals surface area contributed by atoms with Crippen molar-refractivity contribution >= 4 is 16.3 Å². The summed E-state index contributed by atoms with van der Waals surface area (Å²) in [4.78, 5) is 5.49. The third kappa shape index (κ3) is 1.87. The van der Waals surface area contributed by atoms with Crippen LogP contribution in [0.2, 0.25) is 0 Å². The maximum absolute atomic E-state index is 5.74. The molecular formula is C10H14N4S.